The van der Waals surface area contributed by atoms with Crippen molar-refractivity contribution < 1.29 is 22.6 Å². The van der Waals surface area contributed by atoms with Gasteiger partial charge in [0.25, 0.3) is 0 Å². The van der Waals surface area contributed by atoms with Crippen LogP contribution in [-0.2, 0) is 10.3 Å². The monoisotopic (exact) mass is 474 g/mol. The van der Waals surface area contributed by atoms with Crippen LogP contribution in [0.5, 0.6) is 11.6 Å². The molecule has 2 aromatic carbocycles. The van der Waals surface area contributed by atoms with Gasteiger partial charge >= 0.3 is 0 Å². The first-order valence-corrected chi connectivity index (χ1v) is 10.8. The predicted molar refractivity (Wildman–Crippen MR) is 122 cm³/mol. The molecule has 0 aliphatic carbocycles. The van der Waals surface area contributed by atoms with Crippen molar-refractivity contribution in [2.45, 2.75) is 11.8 Å². The molecule has 1 spiro atoms. The molecule has 0 saturated heterocycles. The lowest BCUT2D eigenvalue weighted by Gasteiger charge is -2.40. The first-order valence-electron chi connectivity index (χ1n) is 10.8. The summed E-state index contributed by atoms with van der Waals surface area (Å²) in [6.45, 7) is 0.244. The van der Waals surface area contributed by atoms with Crippen molar-refractivity contribution in [2.24, 2.45) is 10.7 Å². The van der Waals surface area contributed by atoms with E-state index in [1.165, 1.54) is 12.3 Å². The summed E-state index contributed by atoms with van der Waals surface area (Å²) in [7, 11) is 0. The molecule has 6 nitrogen and oxygen atoms in total. The number of halogens is 3. The zero-order valence-corrected chi connectivity index (χ0v) is 18.1. The highest BCUT2D eigenvalue weighted by Crippen LogP contribution is 2.50. The molecule has 174 valence electrons. The number of fused-ring (bicyclic) bond motifs is 4. The summed E-state index contributed by atoms with van der Waals surface area (Å²) >= 11 is 0. The van der Waals surface area contributed by atoms with Crippen LogP contribution in [0.1, 0.15) is 11.1 Å². The van der Waals surface area contributed by atoms with E-state index in [0.29, 0.717) is 33.6 Å². The Kier molecular flexibility index (Phi) is 4.91. The second-order valence-electron chi connectivity index (χ2n) is 8.27. The highest BCUT2D eigenvalue weighted by atomic mass is 19.1. The van der Waals surface area contributed by atoms with Crippen molar-refractivity contribution in [1.29, 1.82) is 0 Å². The van der Waals surface area contributed by atoms with Crippen LogP contribution in [0.25, 0.3) is 22.3 Å². The van der Waals surface area contributed by atoms with Gasteiger partial charge in [-0.25, -0.2) is 18.7 Å². The third kappa shape index (κ3) is 3.56. The van der Waals surface area contributed by atoms with Crippen LogP contribution >= 0.6 is 0 Å². The van der Waals surface area contributed by atoms with Crippen molar-refractivity contribution in [2.75, 3.05) is 6.54 Å². The van der Waals surface area contributed by atoms with E-state index in [1.807, 2.05) is 0 Å². The summed E-state index contributed by atoms with van der Waals surface area (Å²) in [5.41, 5.74) is 7.50. The zero-order valence-electron chi connectivity index (χ0n) is 18.1. The Morgan fingerprint density at radius 2 is 1.74 bits per heavy atom. The Hall–Kier alpha value is -4.08. The van der Waals surface area contributed by atoms with E-state index in [2.05, 4.69) is 15.0 Å². The predicted octanol–water partition coefficient (Wildman–Crippen LogP) is 4.96. The fraction of sp³-hybridized carbons (Fsp3) is 0.115. The SMILES string of the molecule is NC1CN=C[C@]2(O1)c1cc(-c3cc(F)ccc3F)ccc1Oc1ncc(-c3ccnc(F)c3)cc12. The Bertz CT molecular complexity index is 1510. The molecule has 2 aliphatic heterocycles. The Morgan fingerprint density at radius 1 is 0.886 bits per heavy atom. The third-order valence-corrected chi connectivity index (χ3v) is 6.03. The normalized spacial score (nSPS) is 20.3. The maximum Gasteiger partial charge on any atom is 0.226 e. The highest BCUT2D eigenvalue weighted by Gasteiger charge is 2.46. The van der Waals surface area contributed by atoms with Gasteiger partial charge in [-0.2, -0.15) is 4.39 Å². The Labute approximate surface area is 197 Å². The number of nitrogens with zero attached hydrogens (tertiary/aromatic N) is 3. The Balaban J connectivity index is 1.57. The molecule has 6 rings (SSSR count). The van der Waals surface area contributed by atoms with Crippen molar-refractivity contribution in [1.82, 2.24) is 9.97 Å². The summed E-state index contributed by atoms with van der Waals surface area (Å²) < 4.78 is 54.6. The van der Waals surface area contributed by atoms with Gasteiger partial charge in [0.05, 0.1) is 12.1 Å². The first kappa shape index (κ1) is 21.5. The van der Waals surface area contributed by atoms with Crippen molar-refractivity contribution in [3.8, 4) is 33.9 Å². The molecule has 35 heavy (non-hydrogen) atoms. The van der Waals surface area contributed by atoms with Crippen LogP contribution in [0.4, 0.5) is 13.2 Å². The van der Waals surface area contributed by atoms with Crippen molar-refractivity contribution >= 4 is 6.21 Å². The van der Waals surface area contributed by atoms with Crippen LogP contribution in [0, 0.1) is 17.6 Å². The minimum absolute atomic E-state index is 0.0879. The lowest BCUT2D eigenvalue weighted by molar-refractivity contribution is -0.0317. The standard InChI is InChI=1S/C26H17F3N4O2/c27-17-2-3-21(28)18(10-17)15-1-4-22-19(7-15)26(13-31-12-24(30)35-26)20-8-16(11-33-25(20)34-22)14-5-6-32-23(29)9-14/h1-11,13,24H,12,30H2/t24?,26-/m0/s1. The molecule has 4 heterocycles. The van der Waals surface area contributed by atoms with E-state index in [4.69, 9.17) is 15.2 Å². The average Bonchev–Trinajstić information content (AvgIpc) is 2.85. The highest BCUT2D eigenvalue weighted by molar-refractivity contribution is 5.84. The molecule has 0 saturated carbocycles. The number of aromatic nitrogens is 2. The number of hydrogen-bond donors (Lipinski definition) is 1. The summed E-state index contributed by atoms with van der Waals surface area (Å²) in [6, 6.07) is 12.9. The molecule has 4 aromatic rings. The maximum atomic E-state index is 14.6. The van der Waals surface area contributed by atoms with Gasteiger partial charge in [0.15, 0.2) is 5.60 Å². The molecule has 2 aliphatic rings. The maximum absolute atomic E-state index is 14.6. The molecule has 0 bridgehead atoms. The minimum Gasteiger partial charge on any atom is -0.438 e. The van der Waals surface area contributed by atoms with Gasteiger partial charge in [0.1, 0.15) is 23.6 Å². The largest absolute Gasteiger partial charge is 0.438 e. The van der Waals surface area contributed by atoms with Crippen molar-refractivity contribution in [3.05, 3.63) is 95.7 Å². The van der Waals surface area contributed by atoms with Crippen molar-refractivity contribution in [3.63, 3.8) is 0 Å². The molecule has 1 unspecified atom stereocenters. The molecular formula is C26H17F3N4O2. The van der Waals surface area contributed by atoms with E-state index in [1.54, 1.807) is 42.7 Å². The second-order valence-corrected chi connectivity index (χ2v) is 8.27. The van der Waals surface area contributed by atoms with E-state index < -0.39 is 29.4 Å². The second kappa shape index (κ2) is 8.00. The molecule has 2 atom stereocenters. The zero-order chi connectivity index (χ0) is 24.2. The van der Waals surface area contributed by atoms with E-state index in [-0.39, 0.29) is 18.0 Å². The smallest absolute Gasteiger partial charge is 0.226 e. The van der Waals surface area contributed by atoms with Crippen LogP contribution < -0.4 is 10.5 Å². The molecule has 0 radical (unpaired) electrons. The summed E-state index contributed by atoms with van der Waals surface area (Å²) in [5, 5.41) is 0. The van der Waals surface area contributed by atoms with Crippen LogP contribution in [0.3, 0.4) is 0 Å². The fourth-order valence-corrected chi connectivity index (χ4v) is 4.44. The van der Waals surface area contributed by atoms with Gasteiger partial charge in [-0.05, 0) is 53.6 Å². The van der Waals surface area contributed by atoms with E-state index in [0.717, 1.165) is 18.2 Å². The number of rotatable bonds is 2. The average molecular weight is 474 g/mol. The van der Waals surface area contributed by atoms with Gasteiger partial charge in [-0.15, -0.1) is 0 Å². The lowest BCUT2D eigenvalue weighted by Crippen LogP contribution is -2.46. The van der Waals surface area contributed by atoms with E-state index >= 15 is 0 Å². The summed E-state index contributed by atoms with van der Waals surface area (Å²) in [6.07, 6.45) is 3.79. The molecule has 0 fully saturated rings. The van der Waals surface area contributed by atoms with Gasteiger partial charge in [-0.3, -0.25) is 4.99 Å². The topological polar surface area (TPSA) is 82.6 Å². The summed E-state index contributed by atoms with van der Waals surface area (Å²) in [4.78, 5) is 12.5. The number of nitrogens with two attached hydrogens (primary N) is 1. The number of hydrogen-bond acceptors (Lipinski definition) is 6. The molecule has 0 amide bonds. The minimum atomic E-state index is -1.31. The van der Waals surface area contributed by atoms with Crippen LogP contribution in [0.2, 0.25) is 0 Å². The third-order valence-electron chi connectivity index (χ3n) is 6.03. The first-order chi connectivity index (χ1) is 16.9. The number of ether oxygens (including phenoxy) is 2. The Morgan fingerprint density at radius 3 is 2.57 bits per heavy atom. The van der Waals surface area contributed by atoms with Gasteiger partial charge in [0, 0.05) is 41.4 Å². The van der Waals surface area contributed by atoms with Gasteiger partial charge in [0.2, 0.25) is 11.8 Å². The van der Waals surface area contributed by atoms with Crippen LogP contribution in [-0.4, -0.2) is 29.0 Å². The number of benzene rings is 2. The molecule has 2 aromatic heterocycles. The summed E-state index contributed by atoms with van der Waals surface area (Å²) in [5.74, 6) is -1.09. The molecule has 9 heteroatoms. The fourth-order valence-electron chi connectivity index (χ4n) is 4.44. The van der Waals surface area contributed by atoms with E-state index in [9.17, 15) is 13.2 Å². The number of pyridine rings is 2. The lowest BCUT2D eigenvalue weighted by atomic mass is 9.82. The quantitative estimate of drug-likeness (QED) is 0.415. The molecular weight excluding hydrogens is 457 g/mol. The molecule has 2 N–H and O–H groups in total. The number of aliphatic imine (C=N–C) groups is 1. The van der Waals surface area contributed by atoms with Gasteiger partial charge < -0.3 is 15.2 Å². The van der Waals surface area contributed by atoms with Gasteiger partial charge in [-0.1, -0.05) is 6.07 Å². The van der Waals surface area contributed by atoms with Crippen LogP contribution in [0.15, 0.2) is 72.0 Å².